The minimum Gasteiger partial charge on any atom is -0.497 e. The molecule has 0 atom stereocenters. The molecule has 1 N–H and O–H groups in total. The van der Waals surface area contributed by atoms with Crippen LogP contribution in [0.15, 0.2) is 18.2 Å². The van der Waals surface area contributed by atoms with Gasteiger partial charge < -0.3 is 9.84 Å². The molecule has 0 aliphatic carbocycles. The Labute approximate surface area is 133 Å². The lowest BCUT2D eigenvalue weighted by Crippen LogP contribution is -2.13. The van der Waals surface area contributed by atoms with E-state index in [1.54, 1.807) is 36.8 Å². The van der Waals surface area contributed by atoms with E-state index in [-0.39, 0.29) is 12.3 Å². The quantitative estimate of drug-likeness (QED) is 0.829. The maximum Gasteiger partial charge on any atom is 0.307 e. The molecular formula is C16H18ClNO4. The molecule has 0 spiro atoms. The van der Waals surface area contributed by atoms with E-state index in [0.29, 0.717) is 41.2 Å². The zero-order chi connectivity index (χ0) is 16.3. The Kier molecular flexibility index (Phi) is 5.08. The van der Waals surface area contributed by atoms with E-state index >= 15 is 0 Å². The highest BCUT2D eigenvalue weighted by atomic mass is 35.5. The van der Waals surface area contributed by atoms with Gasteiger partial charge in [0, 0.05) is 23.4 Å². The molecule has 1 aromatic heterocycles. The standard InChI is InChI=1S/C16H18ClNO4/c1-10-12(9-16(20)21)13-8-11(22-2)5-6-14(13)18(10)15(19)4-3-7-17/h5-6,8H,3-4,7,9H2,1-2H3,(H,20,21). The molecule has 0 aliphatic rings. The minimum atomic E-state index is -0.932. The number of carboxylic acids is 1. The molecule has 1 aromatic carbocycles. The molecule has 2 aromatic rings. The first-order chi connectivity index (χ1) is 10.5. The van der Waals surface area contributed by atoms with Crippen molar-refractivity contribution in [3.05, 3.63) is 29.5 Å². The molecule has 0 unspecified atom stereocenters. The summed E-state index contributed by atoms with van der Waals surface area (Å²) in [5.41, 5.74) is 2.00. The number of halogens is 1. The van der Waals surface area contributed by atoms with E-state index in [1.807, 2.05) is 0 Å². The SMILES string of the molecule is COc1ccc2c(c1)c(CC(=O)O)c(C)n2C(=O)CCCCl. The number of carboxylic acid groups (broad SMARTS) is 1. The first-order valence-electron chi connectivity index (χ1n) is 6.98. The van der Waals surface area contributed by atoms with Crippen LogP contribution in [0.25, 0.3) is 10.9 Å². The molecule has 5 nitrogen and oxygen atoms in total. The second kappa shape index (κ2) is 6.83. The summed E-state index contributed by atoms with van der Waals surface area (Å²) in [7, 11) is 1.55. The number of rotatable bonds is 6. The van der Waals surface area contributed by atoms with Crippen LogP contribution in [0.3, 0.4) is 0 Å². The van der Waals surface area contributed by atoms with Crippen LogP contribution in [0, 0.1) is 6.92 Å². The predicted octanol–water partition coefficient (Wildman–Crippen LogP) is 3.24. The van der Waals surface area contributed by atoms with Gasteiger partial charge in [0.1, 0.15) is 5.75 Å². The summed E-state index contributed by atoms with van der Waals surface area (Å²) in [6.07, 6.45) is 0.780. The molecule has 0 amide bonds. The molecule has 2 rings (SSSR count). The fourth-order valence-corrected chi connectivity index (χ4v) is 2.75. The van der Waals surface area contributed by atoms with Crippen LogP contribution >= 0.6 is 11.6 Å². The average Bonchev–Trinajstić information content (AvgIpc) is 2.76. The van der Waals surface area contributed by atoms with Gasteiger partial charge >= 0.3 is 5.97 Å². The zero-order valence-electron chi connectivity index (χ0n) is 12.6. The van der Waals surface area contributed by atoms with Gasteiger partial charge in [-0.25, -0.2) is 0 Å². The Morgan fingerprint density at radius 1 is 1.36 bits per heavy atom. The van der Waals surface area contributed by atoms with Gasteiger partial charge in [-0.15, -0.1) is 11.6 Å². The summed E-state index contributed by atoms with van der Waals surface area (Å²) < 4.78 is 6.78. The van der Waals surface area contributed by atoms with Gasteiger partial charge in [-0.1, -0.05) is 0 Å². The molecule has 1 heterocycles. The van der Waals surface area contributed by atoms with E-state index in [9.17, 15) is 9.59 Å². The Balaban J connectivity index is 2.62. The number of carbonyl (C=O) groups is 2. The number of carbonyl (C=O) groups excluding carboxylic acids is 1. The van der Waals surface area contributed by atoms with Crippen LogP contribution in [0.4, 0.5) is 0 Å². The number of aliphatic carboxylic acids is 1. The Bertz CT molecular complexity index is 720. The van der Waals surface area contributed by atoms with E-state index in [1.165, 1.54) is 0 Å². The first-order valence-corrected chi connectivity index (χ1v) is 7.52. The maximum atomic E-state index is 12.4. The van der Waals surface area contributed by atoms with E-state index in [0.717, 1.165) is 5.39 Å². The summed E-state index contributed by atoms with van der Waals surface area (Å²) >= 11 is 5.65. The third kappa shape index (κ3) is 3.09. The minimum absolute atomic E-state index is 0.0787. The number of fused-ring (bicyclic) bond motifs is 1. The van der Waals surface area contributed by atoms with Gasteiger partial charge in [0.2, 0.25) is 5.91 Å². The molecule has 0 bridgehead atoms. The van der Waals surface area contributed by atoms with Crippen molar-refractivity contribution in [2.75, 3.05) is 13.0 Å². The smallest absolute Gasteiger partial charge is 0.307 e. The molecule has 22 heavy (non-hydrogen) atoms. The molecule has 0 aliphatic heterocycles. The molecule has 118 valence electrons. The van der Waals surface area contributed by atoms with Crippen LogP contribution in [-0.4, -0.2) is 34.5 Å². The Morgan fingerprint density at radius 3 is 2.68 bits per heavy atom. The molecule has 0 radical (unpaired) electrons. The molecular weight excluding hydrogens is 306 g/mol. The van der Waals surface area contributed by atoms with Crippen LogP contribution < -0.4 is 4.74 Å². The fraction of sp³-hybridized carbons (Fsp3) is 0.375. The normalized spacial score (nSPS) is 10.9. The third-order valence-corrected chi connectivity index (χ3v) is 3.91. The van der Waals surface area contributed by atoms with Crippen molar-refractivity contribution in [3.63, 3.8) is 0 Å². The van der Waals surface area contributed by atoms with Crippen LogP contribution in [0.1, 0.15) is 28.9 Å². The first kappa shape index (κ1) is 16.4. The lowest BCUT2D eigenvalue weighted by Gasteiger charge is -2.06. The number of benzene rings is 1. The molecule has 0 fully saturated rings. The highest BCUT2D eigenvalue weighted by Gasteiger charge is 2.20. The number of hydrogen-bond donors (Lipinski definition) is 1. The summed E-state index contributed by atoms with van der Waals surface area (Å²) in [6, 6.07) is 5.31. The number of alkyl halides is 1. The number of hydrogen-bond acceptors (Lipinski definition) is 3. The number of ether oxygens (including phenoxy) is 1. The highest BCUT2D eigenvalue weighted by Crippen LogP contribution is 2.30. The fourth-order valence-electron chi connectivity index (χ4n) is 2.61. The maximum absolute atomic E-state index is 12.4. The van der Waals surface area contributed by atoms with Crippen molar-refractivity contribution < 1.29 is 19.4 Å². The number of nitrogens with zero attached hydrogens (tertiary/aromatic N) is 1. The number of aromatic nitrogens is 1. The van der Waals surface area contributed by atoms with Gasteiger partial charge in [0.15, 0.2) is 0 Å². The largest absolute Gasteiger partial charge is 0.497 e. The van der Waals surface area contributed by atoms with Gasteiger partial charge in [0.25, 0.3) is 0 Å². The van der Waals surface area contributed by atoms with E-state index in [2.05, 4.69) is 0 Å². The Morgan fingerprint density at radius 2 is 2.09 bits per heavy atom. The molecule has 6 heteroatoms. The molecule has 0 saturated heterocycles. The monoisotopic (exact) mass is 323 g/mol. The van der Waals surface area contributed by atoms with Crippen molar-refractivity contribution in [2.24, 2.45) is 0 Å². The number of methoxy groups -OCH3 is 1. The van der Waals surface area contributed by atoms with Gasteiger partial charge in [-0.3, -0.25) is 14.2 Å². The second-order valence-corrected chi connectivity index (χ2v) is 5.42. The van der Waals surface area contributed by atoms with Crippen LogP contribution in [0.5, 0.6) is 5.75 Å². The lowest BCUT2D eigenvalue weighted by atomic mass is 10.1. The van der Waals surface area contributed by atoms with Crippen LogP contribution in [-0.2, 0) is 11.2 Å². The van der Waals surface area contributed by atoms with Gasteiger partial charge in [0.05, 0.1) is 19.0 Å². The summed E-state index contributed by atoms with van der Waals surface area (Å²) in [4.78, 5) is 23.5. The zero-order valence-corrected chi connectivity index (χ0v) is 13.3. The van der Waals surface area contributed by atoms with Crippen molar-refractivity contribution in [1.29, 1.82) is 0 Å². The van der Waals surface area contributed by atoms with Gasteiger partial charge in [-0.05, 0) is 37.1 Å². The second-order valence-electron chi connectivity index (χ2n) is 5.04. The van der Waals surface area contributed by atoms with Crippen molar-refractivity contribution in [3.8, 4) is 5.75 Å². The highest BCUT2D eigenvalue weighted by molar-refractivity contribution is 6.18. The van der Waals surface area contributed by atoms with Crippen molar-refractivity contribution in [1.82, 2.24) is 4.57 Å². The van der Waals surface area contributed by atoms with Gasteiger partial charge in [-0.2, -0.15) is 0 Å². The summed E-state index contributed by atoms with van der Waals surface area (Å²) in [6.45, 7) is 1.77. The summed E-state index contributed by atoms with van der Waals surface area (Å²) in [5.74, 6) is 0.0346. The van der Waals surface area contributed by atoms with E-state index in [4.69, 9.17) is 21.4 Å². The topological polar surface area (TPSA) is 68.5 Å². The lowest BCUT2D eigenvalue weighted by molar-refractivity contribution is -0.136. The van der Waals surface area contributed by atoms with E-state index < -0.39 is 5.97 Å². The summed E-state index contributed by atoms with van der Waals surface area (Å²) in [5, 5.41) is 9.86. The van der Waals surface area contributed by atoms with Crippen molar-refractivity contribution in [2.45, 2.75) is 26.2 Å². The average molecular weight is 324 g/mol. The third-order valence-electron chi connectivity index (χ3n) is 3.64. The Hall–Kier alpha value is -2.01. The molecule has 0 saturated carbocycles. The van der Waals surface area contributed by atoms with Crippen molar-refractivity contribution >= 4 is 34.4 Å². The predicted molar refractivity (Wildman–Crippen MR) is 85.1 cm³/mol. The van der Waals surface area contributed by atoms with Crippen LogP contribution in [0.2, 0.25) is 0 Å².